The summed E-state index contributed by atoms with van der Waals surface area (Å²) < 4.78 is 0. The van der Waals surface area contributed by atoms with Crippen molar-refractivity contribution in [2.75, 3.05) is 19.6 Å². The van der Waals surface area contributed by atoms with E-state index >= 15 is 0 Å². The summed E-state index contributed by atoms with van der Waals surface area (Å²) in [5, 5.41) is 3.51. The largest absolute Gasteiger partial charge is 0.343 e. The van der Waals surface area contributed by atoms with E-state index in [4.69, 9.17) is 0 Å². The maximum atomic E-state index is 12.3. The second kappa shape index (κ2) is 5.91. The molecule has 5 nitrogen and oxygen atoms in total. The second-order valence-corrected chi connectivity index (χ2v) is 5.15. The Morgan fingerprint density at radius 3 is 2.76 bits per heavy atom. The third kappa shape index (κ3) is 2.86. The van der Waals surface area contributed by atoms with Gasteiger partial charge in [-0.2, -0.15) is 0 Å². The lowest BCUT2D eigenvalue weighted by Gasteiger charge is -2.15. The Morgan fingerprint density at radius 2 is 1.95 bits per heavy atom. The smallest absolute Gasteiger partial charge is 0.252 e. The van der Waals surface area contributed by atoms with E-state index in [2.05, 4.69) is 10.3 Å². The maximum Gasteiger partial charge on any atom is 0.252 e. The molecule has 1 fully saturated rings. The number of hydrogen-bond donors (Lipinski definition) is 1. The fraction of sp³-hybridized carbons (Fsp3) is 0.312. The molecule has 1 aliphatic heterocycles. The summed E-state index contributed by atoms with van der Waals surface area (Å²) in [6.07, 6.45) is 3.80. The standard InChI is InChI=1S/C16H17N3O2/c20-15(19-9-1-2-10-19)11-18-16(21)13-5-3-7-14-12(13)6-4-8-17-14/h3-8H,1-2,9-11H2,(H,18,21). The third-order valence-corrected chi connectivity index (χ3v) is 3.75. The van der Waals surface area contributed by atoms with Crippen LogP contribution in [0.4, 0.5) is 0 Å². The summed E-state index contributed by atoms with van der Waals surface area (Å²) in [5.74, 6) is -0.250. The number of aromatic nitrogens is 1. The molecule has 3 rings (SSSR count). The molecule has 1 aromatic carbocycles. The minimum Gasteiger partial charge on any atom is -0.343 e. The van der Waals surface area contributed by atoms with Crippen molar-refractivity contribution in [2.45, 2.75) is 12.8 Å². The second-order valence-electron chi connectivity index (χ2n) is 5.15. The minimum atomic E-state index is -0.235. The van der Waals surface area contributed by atoms with Gasteiger partial charge in [0, 0.05) is 30.2 Å². The molecule has 0 saturated carbocycles. The van der Waals surface area contributed by atoms with Gasteiger partial charge in [-0.25, -0.2) is 0 Å². The number of benzene rings is 1. The predicted octanol–water partition coefficient (Wildman–Crippen LogP) is 1.59. The number of hydrogen-bond acceptors (Lipinski definition) is 3. The van der Waals surface area contributed by atoms with Crippen LogP contribution in [0.15, 0.2) is 36.5 Å². The number of nitrogens with zero attached hydrogens (tertiary/aromatic N) is 2. The third-order valence-electron chi connectivity index (χ3n) is 3.75. The molecule has 1 N–H and O–H groups in total. The molecule has 0 spiro atoms. The van der Waals surface area contributed by atoms with Crippen molar-refractivity contribution in [3.05, 3.63) is 42.1 Å². The molecule has 1 aliphatic rings. The van der Waals surface area contributed by atoms with Crippen LogP contribution in [0.3, 0.4) is 0 Å². The molecule has 0 atom stereocenters. The number of pyridine rings is 1. The lowest BCUT2D eigenvalue weighted by atomic mass is 10.1. The van der Waals surface area contributed by atoms with Crippen molar-refractivity contribution < 1.29 is 9.59 Å². The van der Waals surface area contributed by atoms with Crippen molar-refractivity contribution >= 4 is 22.7 Å². The number of amides is 2. The highest BCUT2D eigenvalue weighted by atomic mass is 16.2. The van der Waals surface area contributed by atoms with Crippen molar-refractivity contribution in [2.24, 2.45) is 0 Å². The Hall–Kier alpha value is -2.43. The lowest BCUT2D eigenvalue weighted by Crippen LogP contribution is -2.38. The van der Waals surface area contributed by atoms with E-state index in [-0.39, 0.29) is 18.4 Å². The van der Waals surface area contributed by atoms with Crippen molar-refractivity contribution in [3.63, 3.8) is 0 Å². The Morgan fingerprint density at radius 1 is 1.14 bits per heavy atom. The van der Waals surface area contributed by atoms with Gasteiger partial charge in [0.15, 0.2) is 0 Å². The van der Waals surface area contributed by atoms with Gasteiger partial charge < -0.3 is 10.2 Å². The number of carbonyl (C=O) groups excluding carboxylic acids is 2. The van der Waals surface area contributed by atoms with Crippen LogP contribution >= 0.6 is 0 Å². The number of fused-ring (bicyclic) bond motifs is 1. The van der Waals surface area contributed by atoms with E-state index in [9.17, 15) is 9.59 Å². The van der Waals surface area contributed by atoms with Gasteiger partial charge in [0.1, 0.15) is 0 Å². The Kier molecular flexibility index (Phi) is 3.81. The first kappa shape index (κ1) is 13.5. The summed E-state index contributed by atoms with van der Waals surface area (Å²) >= 11 is 0. The number of rotatable bonds is 3. The van der Waals surface area contributed by atoms with Gasteiger partial charge in [0.2, 0.25) is 5.91 Å². The summed E-state index contributed by atoms with van der Waals surface area (Å²) in [6.45, 7) is 1.65. The summed E-state index contributed by atoms with van der Waals surface area (Å²) in [5.41, 5.74) is 1.32. The highest BCUT2D eigenvalue weighted by Gasteiger charge is 2.18. The first-order valence-corrected chi connectivity index (χ1v) is 7.15. The fourth-order valence-electron chi connectivity index (χ4n) is 2.63. The normalized spacial score (nSPS) is 14.4. The Bertz CT molecular complexity index is 673. The van der Waals surface area contributed by atoms with Crippen molar-refractivity contribution in [3.8, 4) is 0 Å². The van der Waals surface area contributed by atoms with Crippen LogP contribution in [0.2, 0.25) is 0 Å². The van der Waals surface area contributed by atoms with Gasteiger partial charge in [-0.3, -0.25) is 14.6 Å². The lowest BCUT2D eigenvalue weighted by molar-refractivity contribution is -0.129. The molecule has 1 aromatic heterocycles. The van der Waals surface area contributed by atoms with Crippen LogP contribution in [0.25, 0.3) is 10.9 Å². The van der Waals surface area contributed by atoms with Gasteiger partial charge in [0.25, 0.3) is 5.91 Å². The molecular weight excluding hydrogens is 266 g/mol. The van der Waals surface area contributed by atoms with Crippen LogP contribution in [-0.4, -0.2) is 41.3 Å². The Labute approximate surface area is 123 Å². The average molecular weight is 283 g/mol. The van der Waals surface area contributed by atoms with Crippen molar-refractivity contribution in [1.29, 1.82) is 0 Å². The highest BCUT2D eigenvalue weighted by molar-refractivity contribution is 6.06. The average Bonchev–Trinajstić information content (AvgIpc) is 3.06. The molecule has 1 saturated heterocycles. The van der Waals surface area contributed by atoms with Crippen LogP contribution < -0.4 is 5.32 Å². The van der Waals surface area contributed by atoms with E-state index in [0.29, 0.717) is 5.56 Å². The van der Waals surface area contributed by atoms with E-state index in [0.717, 1.165) is 36.8 Å². The zero-order chi connectivity index (χ0) is 14.7. The fourth-order valence-corrected chi connectivity index (χ4v) is 2.63. The van der Waals surface area contributed by atoms with Gasteiger partial charge in [-0.1, -0.05) is 12.1 Å². The quantitative estimate of drug-likeness (QED) is 0.930. The van der Waals surface area contributed by atoms with Crippen LogP contribution in [0.1, 0.15) is 23.2 Å². The van der Waals surface area contributed by atoms with Crippen molar-refractivity contribution in [1.82, 2.24) is 15.2 Å². The van der Waals surface area contributed by atoms with Gasteiger partial charge in [0.05, 0.1) is 12.1 Å². The predicted molar refractivity (Wildman–Crippen MR) is 79.9 cm³/mol. The Balaban J connectivity index is 1.71. The van der Waals surface area contributed by atoms with Gasteiger partial charge >= 0.3 is 0 Å². The van der Waals surface area contributed by atoms with E-state index in [1.807, 2.05) is 12.1 Å². The molecule has 2 amide bonds. The summed E-state index contributed by atoms with van der Waals surface area (Å²) in [4.78, 5) is 30.2. The maximum absolute atomic E-state index is 12.3. The molecule has 5 heteroatoms. The molecular formula is C16H17N3O2. The van der Waals surface area contributed by atoms with Crippen LogP contribution in [0.5, 0.6) is 0 Å². The SMILES string of the molecule is O=C(NCC(=O)N1CCCC1)c1cccc2ncccc12. The zero-order valence-corrected chi connectivity index (χ0v) is 11.7. The number of likely N-dealkylation sites (tertiary alicyclic amines) is 1. The minimum absolute atomic E-state index is 0.0146. The van der Waals surface area contributed by atoms with Gasteiger partial charge in [-0.15, -0.1) is 0 Å². The first-order valence-electron chi connectivity index (χ1n) is 7.15. The topological polar surface area (TPSA) is 62.3 Å². The van der Waals surface area contributed by atoms with E-state index in [1.54, 1.807) is 29.3 Å². The summed E-state index contributed by atoms with van der Waals surface area (Å²) in [6, 6.07) is 9.07. The molecule has 21 heavy (non-hydrogen) atoms. The number of carbonyl (C=O) groups is 2. The first-order chi connectivity index (χ1) is 10.3. The molecule has 0 bridgehead atoms. The van der Waals surface area contributed by atoms with Crippen LogP contribution in [-0.2, 0) is 4.79 Å². The van der Waals surface area contributed by atoms with Gasteiger partial charge in [-0.05, 0) is 31.0 Å². The monoisotopic (exact) mass is 283 g/mol. The molecule has 0 aliphatic carbocycles. The molecule has 108 valence electrons. The molecule has 0 unspecified atom stereocenters. The van der Waals surface area contributed by atoms with Crippen LogP contribution in [0, 0.1) is 0 Å². The molecule has 2 aromatic rings. The molecule has 2 heterocycles. The van der Waals surface area contributed by atoms with E-state index < -0.39 is 0 Å². The highest BCUT2D eigenvalue weighted by Crippen LogP contribution is 2.16. The molecule has 0 radical (unpaired) electrons. The zero-order valence-electron chi connectivity index (χ0n) is 11.7. The summed E-state index contributed by atoms with van der Waals surface area (Å²) in [7, 11) is 0. The van der Waals surface area contributed by atoms with E-state index in [1.165, 1.54) is 0 Å². The number of nitrogens with one attached hydrogen (secondary N) is 1.